The molecule has 1 aliphatic rings. The maximum Gasteiger partial charge on any atom is 0.124 e. The van der Waals surface area contributed by atoms with Gasteiger partial charge in [-0.2, -0.15) is 0 Å². The van der Waals surface area contributed by atoms with E-state index in [0.717, 1.165) is 37.4 Å². The Hall–Kier alpha value is -1.14. The number of aliphatic hydroxyl groups is 1. The van der Waals surface area contributed by atoms with E-state index in [2.05, 4.69) is 24.0 Å². The monoisotopic (exact) mass is 337 g/mol. The predicted octanol–water partition coefficient (Wildman–Crippen LogP) is 2.45. The second kappa shape index (κ2) is 8.81. The number of piperidine rings is 1. The van der Waals surface area contributed by atoms with Crippen LogP contribution in [0.2, 0.25) is 0 Å². The lowest BCUT2D eigenvalue weighted by atomic mass is 9.80. The van der Waals surface area contributed by atoms with E-state index < -0.39 is 5.60 Å². The molecule has 0 bridgehead atoms. The van der Waals surface area contributed by atoms with Crippen molar-refractivity contribution >= 4 is 0 Å². The van der Waals surface area contributed by atoms with Gasteiger partial charge in [-0.3, -0.25) is 4.90 Å². The Kier molecular flexibility index (Phi) is 7.04. The zero-order valence-corrected chi connectivity index (χ0v) is 15.4. The number of ether oxygens (including phenoxy) is 3. The van der Waals surface area contributed by atoms with Crippen LogP contribution in [0.15, 0.2) is 18.2 Å². The number of methoxy groups -OCH3 is 3. The van der Waals surface area contributed by atoms with Gasteiger partial charge in [-0.25, -0.2) is 0 Å². The van der Waals surface area contributed by atoms with Crippen LogP contribution in [-0.4, -0.2) is 56.6 Å². The first-order valence-corrected chi connectivity index (χ1v) is 8.61. The molecule has 0 aliphatic carbocycles. The molecule has 2 rings (SSSR count). The number of likely N-dealkylation sites (tertiary alicyclic amines) is 1. The Bertz CT molecular complexity index is 522. The highest BCUT2D eigenvalue weighted by Crippen LogP contribution is 2.32. The van der Waals surface area contributed by atoms with Gasteiger partial charge in [0.25, 0.3) is 0 Å². The quantitative estimate of drug-likeness (QED) is 0.790. The fraction of sp³-hybridized carbons (Fsp3) is 0.684. The Morgan fingerprint density at radius 1 is 1.25 bits per heavy atom. The molecule has 0 saturated carbocycles. The fourth-order valence-corrected chi connectivity index (χ4v) is 3.50. The van der Waals surface area contributed by atoms with Crippen LogP contribution in [0.5, 0.6) is 5.75 Å². The summed E-state index contributed by atoms with van der Waals surface area (Å²) in [4.78, 5) is 2.41. The van der Waals surface area contributed by atoms with Crippen molar-refractivity contribution in [1.29, 1.82) is 0 Å². The molecule has 1 saturated heterocycles. The summed E-state index contributed by atoms with van der Waals surface area (Å²) in [5, 5.41) is 10.8. The van der Waals surface area contributed by atoms with Gasteiger partial charge in [0.2, 0.25) is 0 Å². The standard InChI is InChI=1S/C19H31NO4/c1-15-12-20(9-7-19(15,21)8-10-22-2)13-16-5-6-18(24-4)17(11-16)14-23-3/h5-6,11,15,21H,7-10,12-14H2,1-4H3/t15-,19-/m1/s1. The van der Waals surface area contributed by atoms with Crippen molar-refractivity contribution in [2.75, 3.05) is 41.0 Å². The van der Waals surface area contributed by atoms with Gasteiger partial charge in [-0.1, -0.05) is 13.0 Å². The summed E-state index contributed by atoms with van der Waals surface area (Å²) >= 11 is 0. The maximum atomic E-state index is 10.8. The van der Waals surface area contributed by atoms with Gasteiger partial charge in [0, 0.05) is 46.0 Å². The van der Waals surface area contributed by atoms with Crippen LogP contribution in [0.1, 0.15) is 30.9 Å². The summed E-state index contributed by atoms with van der Waals surface area (Å²) in [5.74, 6) is 1.10. The van der Waals surface area contributed by atoms with Gasteiger partial charge in [0.15, 0.2) is 0 Å². The second-order valence-corrected chi connectivity index (χ2v) is 6.81. The molecule has 1 aromatic rings. The fourth-order valence-electron chi connectivity index (χ4n) is 3.50. The van der Waals surface area contributed by atoms with Crippen molar-refractivity contribution in [3.05, 3.63) is 29.3 Å². The van der Waals surface area contributed by atoms with Crippen LogP contribution < -0.4 is 4.74 Å². The van der Waals surface area contributed by atoms with Gasteiger partial charge in [0.05, 0.1) is 19.3 Å². The number of rotatable bonds is 8. The summed E-state index contributed by atoms with van der Waals surface area (Å²) in [6, 6.07) is 6.26. The van der Waals surface area contributed by atoms with Gasteiger partial charge in [0.1, 0.15) is 5.75 Å². The third kappa shape index (κ3) is 4.70. The summed E-state index contributed by atoms with van der Waals surface area (Å²) in [6.07, 6.45) is 1.50. The van der Waals surface area contributed by atoms with Crippen molar-refractivity contribution in [1.82, 2.24) is 4.90 Å². The molecule has 0 amide bonds. The highest BCUT2D eigenvalue weighted by atomic mass is 16.5. The SMILES string of the molecule is COCC[C@]1(O)CCN(Cc2ccc(OC)c(COC)c2)C[C@H]1C. The van der Waals surface area contributed by atoms with E-state index in [0.29, 0.717) is 19.6 Å². The summed E-state index contributed by atoms with van der Waals surface area (Å²) < 4.78 is 15.8. The molecule has 136 valence electrons. The van der Waals surface area contributed by atoms with E-state index in [1.165, 1.54) is 5.56 Å². The Balaban J connectivity index is 1.99. The Morgan fingerprint density at radius 2 is 2.04 bits per heavy atom. The van der Waals surface area contributed by atoms with Crippen molar-refractivity contribution in [2.24, 2.45) is 5.92 Å². The zero-order valence-electron chi connectivity index (χ0n) is 15.4. The number of benzene rings is 1. The summed E-state index contributed by atoms with van der Waals surface area (Å²) in [5.41, 5.74) is 1.71. The molecule has 1 N–H and O–H groups in total. The molecule has 24 heavy (non-hydrogen) atoms. The highest BCUT2D eigenvalue weighted by molar-refractivity contribution is 5.37. The lowest BCUT2D eigenvalue weighted by Gasteiger charge is -2.43. The van der Waals surface area contributed by atoms with E-state index in [1.807, 2.05) is 6.07 Å². The molecule has 5 heteroatoms. The average Bonchev–Trinajstić information content (AvgIpc) is 2.57. The van der Waals surface area contributed by atoms with Crippen LogP contribution in [0.3, 0.4) is 0 Å². The van der Waals surface area contributed by atoms with Gasteiger partial charge in [-0.15, -0.1) is 0 Å². The average molecular weight is 337 g/mol. The van der Waals surface area contributed by atoms with Gasteiger partial charge in [-0.05, 0) is 36.5 Å². The van der Waals surface area contributed by atoms with Crippen molar-refractivity contribution < 1.29 is 19.3 Å². The lowest BCUT2D eigenvalue weighted by molar-refractivity contribution is -0.0827. The third-order valence-corrected chi connectivity index (χ3v) is 5.10. The molecule has 0 unspecified atom stereocenters. The molecule has 1 heterocycles. The first-order chi connectivity index (χ1) is 11.5. The molecule has 1 aliphatic heterocycles. The molecule has 0 spiro atoms. The van der Waals surface area contributed by atoms with Crippen LogP contribution >= 0.6 is 0 Å². The largest absolute Gasteiger partial charge is 0.496 e. The normalized spacial score (nSPS) is 25.0. The van der Waals surface area contributed by atoms with Gasteiger partial charge >= 0.3 is 0 Å². The molecule has 0 aromatic heterocycles. The third-order valence-electron chi connectivity index (χ3n) is 5.10. The van der Waals surface area contributed by atoms with Crippen molar-refractivity contribution in [2.45, 2.75) is 38.5 Å². The zero-order chi connectivity index (χ0) is 17.6. The molecule has 5 nitrogen and oxygen atoms in total. The van der Waals surface area contributed by atoms with Gasteiger partial charge < -0.3 is 19.3 Å². The molecule has 1 aromatic carbocycles. The molecule has 1 fully saturated rings. The topological polar surface area (TPSA) is 51.2 Å². The minimum atomic E-state index is -0.604. The molecule has 2 atom stereocenters. The molecular formula is C19H31NO4. The maximum absolute atomic E-state index is 10.8. The molecule has 0 radical (unpaired) electrons. The highest BCUT2D eigenvalue weighted by Gasteiger charge is 2.38. The van der Waals surface area contributed by atoms with E-state index in [-0.39, 0.29) is 5.92 Å². The van der Waals surface area contributed by atoms with Crippen molar-refractivity contribution in [3.8, 4) is 5.75 Å². The smallest absolute Gasteiger partial charge is 0.124 e. The number of nitrogens with zero attached hydrogens (tertiary/aromatic N) is 1. The van der Waals surface area contributed by atoms with E-state index in [4.69, 9.17) is 14.2 Å². The minimum Gasteiger partial charge on any atom is -0.496 e. The minimum absolute atomic E-state index is 0.234. The van der Waals surface area contributed by atoms with Crippen LogP contribution in [0.4, 0.5) is 0 Å². The molecular weight excluding hydrogens is 306 g/mol. The van der Waals surface area contributed by atoms with Crippen LogP contribution in [0, 0.1) is 5.92 Å². The number of hydrogen-bond acceptors (Lipinski definition) is 5. The summed E-state index contributed by atoms with van der Waals surface area (Å²) in [7, 11) is 5.06. The lowest BCUT2D eigenvalue weighted by Crippen LogP contribution is -2.51. The first-order valence-electron chi connectivity index (χ1n) is 8.61. The van der Waals surface area contributed by atoms with E-state index in [9.17, 15) is 5.11 Å². The van der Waals surface area contributed by atoms with Crippen LogP contribution in [0.25, 0.3) is 0 Å². The summed E-state index contributed by atoms with van der Waals surface area (Å²) in [6.45, 7) is 5.96. The van der Waals surface area contributed by atoms with Crippen LogP contribution in [-0.2, 0) is 22.6 Å². The first kappa shape index (κ1) is 19.2. The Morgan fingerprint density at radius 3 is 2.67 bits per heavy atom. The second-order valence-electron chi connectivity index (χ2n) is 6.81. The number of hydrogen-bond donors (Lipinski definition) is 1. The van der Waals surface area contributed by atoms with E-state index >= 15 is 0 Å². The van der Waals surface area contributed by atoms with Crippen molar-refractivity contribution in [3.63, 3.8) is 0 Å². The van der Waals surface area contributed by atoms with E-state index in [1.54, 1.807) is 21.3 Å². The predicted molar refractivity (Wildman–Crippen MR) is 94.2 cm³/mol. The Labute approximate surface area is 145 Å².